The van der Waals surface area contributed by atoms with Crippen molar-refractivity contribution in [2.24, 2.45) is 0 Å². The molecule has 4 rings (SSSR count). The molecule has 0 aliphatic rings. The Kier molecular flexibility index (Phi) is 5.36. The zero-order chi connectivity index (χ0) is 23.9. The number of phenols is 2. The van der Waals surface area contributed by atoms with Gasteiger partial charge in [0.25, 0.3) is 5.91 Å². The summed E-state index contributed by atoms with van der Waals surface area (Å²) in [6.45, 7) is 2.20. The Morgan fingerprint density at radius 2 is 1.82 bits per heavy atom. The normalized spacial score (nSPS) is 11.6. The molecular formula is C23H18F3N3O4. The van der Waals surface area contributed by atoms with E-state index in [-0.39, 0.29) is 33.9 Å². The van der Waals surface area contributed by atoms with E-state index < -0.39 is 23.2 Å². The first-order valence-corrected chi connectivity index (χ1v) is 9.87. The number of nitrogens with one attached hydrogen (secondary N) is 2. The van der Waals surface area contributed by atoms with Gasteiger partial charge in [0.05, 0.1) is 22.3 Å². The summed E-state index contributed by atoms with van der Waals surface area (Å²) in [4.78, 5) is 27.1. The first-order chi connectivity index (χ1) is 15.6. The lowest BCUT2D eigenvalue weighted by atomic mass is 10.0. The highest BCUT2D eigenvalue weighted by molar-refractivity contribution is 5.95. The lowest BCUT2D eigenvalue weighted by molar-refractivity contribution is -0.137. The van der Waals surface area contributed by atoms with E-state index in [1.165, 1.54) is 12.1 Å². The fourth-order valence-electron chi connectivity index (χ4n) is 3.59. The van der Waals surface area contributed by atoms with E-state index in [0.717, 1.165) is 28.8 Å². The molecule has 0 fully saturated rings. The number of aromatic hydroxyl groups is 2. The number of hydrogen-bond acceptors (Lipinski definition) is 4. The number of alkyl halides is 3. The molecule has 0 aliphatic carbocycles. The molecule has 7 nitrogen and oxygen atoms in total. The second-order valence-corrected chi connectivity index (χ2v) is 7.29. The number of fused-ring (bicyclic) bond motifs is 1. The Labute approximate surface area is 184 Å². The Morgan fingerprint density at radius 3 is 2.52 bits per heavy atom. The Morgan fingerprint density at radius 1 is 1.06 bits per heavy atom. The summed E-state index contributed by atoms with van der Waals surface area (Å²) in [6.07, 6.45) is -4.59. The zero-order valence-electron chi connectivity index (χ0n) is 17.2. The van der Waals surface area contributed by atoms with Gasteiger partial charge in [0.2, 0.25) is 0 Å². The van der Waals surface area contributed by atoms with Crippen LogP contribution in [0.3, 0.4) is 0 Å². The number of phenolic OH excluding ortho intramolecular Hbond substituents is 2. The average Bonchev–Trinajstić information content (AvgIpc) is 3.08. The molecule has 4 N–H and O–H groups in total. The maximum atomic E-state index is 13.0. The smallest absolute Gasteiger partial charge is 0.416 e. The maximum Gasteiger partial charge on any atom is 0.416 e. The largest absolute Gasteiger partial charge is 0.507 e. The van der Waals surface area contributed by atoms with Gasteiger partial charge in [-0.05, 0) is 48.9 Å². The average molecular weight is 457 g/mol. The van der Waals surface area contributed by atoms with Gasteiger partial charge >= 0.3 is 11.9 Å². The number of nitrogens with zero attached hydrogens (tertiary/aromatic N) is 1. The monoisotopic (exact) mass is 457 g/mol. The van der Waals surface area contributed by atoms with Crippen molar-refractivity contribution in [2.75, 3.05) is 6.54 Å². The maximum absolute atomic E-state index is 13.0. The number of aromatic nitrogens is 2. The van der Waals surface area contributed by atoms with Crippen LogP contribution in [0.15, 0.2) is 59.4 Å². The third-order valence-corrected chi connectivity index (χ3v) is 5.12. The lowest BCUT2D eigenvalue weighted by Gasteiger charge is -2.13. The molecule has 0 spiro atoms. The molecule has 10 heteroatoms. The van der Waals surface area contributed by atoms with Crippen LogP contribution in [0.25, 0.3) is 27.8 Å². The molecule has 0 bridgehead atoms. The highest BCUT2D eigenvalue weighted by Crippen LogP contribution is 2.38. The second kappa shape index (κ2) is 8.05. The zero-order valence-corrected chi connectivity index (χ0v) is 17.2. The number of carbonyl (C=O) groups is 1. The minimum Gasteiger partial charge on any atom is -0.507 e. The van der Waals surface area contributed by atoms with E-state index in [1.54, 1.807) is 25.1 Å². The Bertz CT molecular complexity index is 1440. The van der Waals surface area contributed by atoms with Gasteiger partial charge in [-0.3, -0.25) is 9.36 Å². The molecule has 1 aromatic heterocycles. The van der Waals surface area contributed by atoms with Crippen LogP contribution in [0.4, 0.5) is 13.2 Å². The van der Waals surface area contributed by atoms with Gasteiger partial charge in [-0.2, -0.15) is 13.2 Å². The van der Waals surface area contributed by atoms with Crippen LogP contribution < -0.4 is 11.0 Å². The van der Waals surface area contributed by atoms with Crippen molar-refractivity contribution in [3.63, 3.8) is 0 Å². The predicted molar refractivity (Wildman–Crippen MR) is 116 cm³/mol. The van der Waals surface area contributed by atoms with Gasteiger partial charge in [-0.1, -0.05) is 12.1 Å². The molecule has 0 aliphatic heterocycles. The van der Waals surface area contributed by atoms with Crippen molar-refractivity contribution >= 4 is 16.9 Å². The van der Waals surface area contributed by atoms with Crippen LogP contribution in [-0.4, -0.2) is 32.2 Å². The molecule has 0 atom stereocenters. The van der Waals surface area contributed by atoms with Crippen molar-refractivity contribution in [1.82, 2.24) is 14.9 Å². The van der Waals surface area contributed by atoms with Gasteiger partial charge < -0.3 is 20.5 Å². The van der Waals surface area contributed by atoms with E-state index in [0.29, 0.717) is 17.7 Å². The van der Waals surface area contributed by atoms with E-state index in [2.05, 4.69) is 10.3 Å². The summed E-state index contributed by atoms with van der Waals surface area (Å²) >= 11 is 0. The molecule has 0 saturated heterocycles. The molecule has 33 heavy (non-hydrogen) atoms. The predicted octanol–water partition coefficient (Wildman–Crippen LogP) is 4.17. The number of benzene rings is 3. The number of amides is 1. The molecule has 0 unspecified atom stereocenters. The number of hydrogen-bond donors (Lipinski definition) is 4. The van der Waals surface area contributed by atoms with Gasteiger partial charge in [0.15, 0.2) is 0 Å². The molecule has 1 amide bonds. The van der Waals surface area contributed by atoms with Crippen LogP contribution >= 0.6 is 0 Å². The quantitative estimate of drug-likeness (QED) is 0.369. The summed E-state index contributed by atoms with van der Waals surface area (Å²) in [7, 11) is 0. The van der Waals surface area contributed by atoms with Crippen LogP contribution in [0.5, 0.6) is 11.5 Å². The van der Waals surface area contributed by atoms with Gasteiger partial charge in [0.1, 0.15) is 11.5 Å². The third kappa shape index (κ3) is 4.02. The number of rotatable bonds is 4. The lowest BCUT2D eigenvalue weighted by Crippen LogP contribution is -2.22. The molecule has 0 saturated carbocycles. The van der Waals surface area contributed by atoms with E-state index in [1.807, 2.05) is 0 Å². The van der Waals surface area contributed by atoms with Crippen molar-refractivity contribution in [3.8, 4) is 28.3 Å². The minimum absolute atomic E-state index is 0.0535. The number of carbonyl (C=O) groups excluding carboxylic acids is 1. The van der Waals surface area contributed by atoms with Crippen molar-refractivity contribution in [2.45, 2.75) is 13.1 Å². The first kappa shape index (κ1) is 22.0. The van der Waals surface area contributed by atoms with Gasteiger partial charge in [-0.25, -0.2) is 4.79 Å². The summed E-state index contributed by atoms with van der Waals surface area (Å²) < 4.78 is 40.1. The van der Waals surface area contributed by atoms with Gasteiger partial charge in [-0.15, -0.1) is 0 Å². The van der Waals surface area contributed by atoms with E-state index in [4.69, 9.17) is 0 Å². The Balaban J connectivity index is 1.88. The van der Waals surface area contributed by atoms with Crippen LogP contribution in [0.2, 0.25) is 0 Å². The third-order valence-electron chi connectivity index (χ3n) is 5.12. The van der Waals surface area contributed by atoms with Crippen LogP contribution in [0.1, 0.15) is 22.8 Å². The summed E-state index contributed by atoms with van der Waals surface area (Å²) in [6, 6.07) is 11.5. The van der Waals surface area contributed by atoms with Crippen molar-refractivity contribution < 1.29 is 28.2 Å². The van der Waals surface area contributed by atoms with Gasteiger partial charge in [0, 0.05) is 23.7 Å². The minimum atomic E-state index is -4.59. The Hall–Kier alpha value is -4.21. The van der Waals surface area contributed by atoms with Crippen molar-refractivity contribution in [1.29, 1.82) is 0 Å². The summed E-state index contributed by atoms with van der Waals surface area (Å²) in [5, 5.41) is 23.5. The molecular weight excluding hydrogens is 439 g/mol. The van der Waals surface area contributed by atoms with Crippen LogP contribution in [0, 0.1) is 0 Å². The summed E-state index contributed by atoms with van der Waals surface area (Å²) in [5.41, 5.74) is -0.729. The number of imidazole rings is 1. The fraction of sp³-hybridized carbons (Fsp3) is 0.130. The molecule has 0 radical (unpaired) electrons. The molecule has 1 heterocycles. The highest BCUT2D eigenvalue weighted by Gasteiger charge is 2.31. The number of halogens is 3. The molecule has 170 valence electrons. The fourth-order valence-corrected chi connectivity index (χ4v) is 3.59. The SMILES string of the molecule is CCNC(=O)c1cccc(-c2cc(-n3c(=O)[nH]c4cc(C(F)(F)F)ccc43)c(O)cc2O)c1. The standard InChI is InChI=1S/C23H18F3N3O4/c1-2-27-21(32)13-5-3-4-12(8-13)15-10-18(20(31)11-19(15)30)29-17-7-6-14(23(24,25)26)9-16(17)28-22(29)33/h3-11,30-31H,2H2,1H3,(H,27,32)(H,28,33). The van der Waals surface area contributed by atoms with Crippen LogP contribution in [-0.2, 0) is 6.18 Å². The number of H-pyrrole nitrogens is 1. The second-order valence-electron chi connectivity index (χ2n) is 7.29. The highest BCUT2D eigenvalue weighted by atomic mass is 19.4. The molecule has 4 aromatic rings. The van der Waals surface area contributed by atoms with Crippen molar-refractivity contribution in [3.05, 3.63) is 76.2 Å². The van der Waals surface area contributed by atoms with E-state index >= 15 is 0 Å². The molecule has 3 aromatic carbocycles. The first-order valence-electron chi connectivity index (χ1n) is 9.87. The summed E-state index contributed by atoms with van der Waals surface area (Å²) in [5.74, 6) is -1.08. The number of aromatic amines is 1. The topological polar surface area (TPSA) is 107 Å². The van der Waals surface area contributed by atoms with E-state index in [9.17, 15) is 33.0 Å².